The van der Waals surface area contributed by atoms with Gasteiger partial charge in [0.2, 0.25) is 5.76 Å². The van der Waals surface area contributed by atoms with Crippen LogP contribution in [-0.4, -0.2) is 17.5 Å². The number of benzene rings is 1. The standard InChI is InChI=1S/C16H20N2O3/c1-5-20-13-8-6-12(7-9-13)18-16(19)15-14(10(2)3)17-11(4)21-15/h6-10H,5H2,1-4H3,(H,18,19). The fourth-order valence-electron chi connectivity index (χ4n) is 1.99. The van der Waals surface area contributed by atoms with Crippen molar-refractivity contribution in [3.63, 3.8) is 0 Å². The third-order valence-electron chi connectivity index (χ3n) is 2.94. The molecule has 1 amide bonds. The first-order valence-electron chi connectivity index (χ1n) is 7.02. The third kappa shape index (κ3) is 3.62. The number of nitrogens with zero attached hydrogens (tertiary/aromatic N) is 1. The zero-order chi connectivity index (χ0) is 15.4. The summed E-state index contributed by atoms with van der Waals surface area (Å²) in [7, 11) is 0. The van der Waals surface area contributed by atoms with Gasteiger partial charge < -0.3 is 14.5 Å². The van der Waals surface area contributed by atoms with Gasteiger partial charge >= 0.3 is 0 Å². The molecule has 0 aliphatic heterocycles. The van der Waals surface area contributed by atoms with Gasteiger partial charge in [-0.3, -0.25) is 4.79 Å². The highest BCUT2D eigenvalue weighted by Crippen LogP contribution is 2.22. The molecule has 0 saturated heterocycles. The third-order valence-corrected chi connectivity index (χ3v) is 2.94. The number of hydrogen-bond acceptors (Lipinski definition) is 4. The summed E-state index contributed by atoms with van der Waals surface area (Å²) in [6.07, 6.45) is 0. The summed E-state index contributed by atoms with van der Waals surface area (Å²) in [6.45, 7) is 8.23. The van der Waals surface area contributed by atoms with Gasteiger partial charge in [-0.05, 0) is 37.1 Å². The zero-order valence-corrected chi connectivity index (χ0v) is 12.8. The van der Waals surface area contributed by atoms with Crippen molar-refractivity contribution in [2.75, 3.05) is 11.9 Å². The molecule has 21 heavy (non-hydrogen) atoms. The molecule has 0 atom stereocenters. The molecule has 0 fully saturated rings. The number of rotatable bonds is 5. The molecule has 5 heteroatoms. The summed E-state index contributed by atoms with van der Waals surface area (Å²) in [5, 5.41) is 2.81. The van der Waals surface area contributed by atoms with Gasteiger partial charge in [0.15, 0.2) is 5.89 Å². The monoisotopic (exact) mass is 288 g/mol. The molecule has 2 aromatic rings. The van der Waals surface area contributed by atoms with E-state index in [9.17, 15) is 4.79 Å². The zero-order valence-electron chi connectivity index (χ0n) is 12.8. The van der Waals surface area contributed by atoms with Crippen molar-refractivity contribution >= 4 is 11.6 Å². The minimum atomic E-state index is -0.288. The number of oxazole rings is 1. The van der Waals surface area contributed by atoms with Gasteiger partial charge in [0.25, 0.3) is 5.91 Å². The first-order valence-corrected chi connectivity index (χ1v) is 7.02. The Balaban J connectivity index is 2.14. The highest BCUT2D eigenvalue weighted by atomic mass is 16.5. The number of amides is 1. The molecule has 0 unspecified atom stereocenters. The fourth-order valence-corrected chi connectivity index (χ4v) is 1.99. The van der Waals surface area contributed by atoms with Gasteiger partial charge in [0, 0.05) is 12.6 Å². The average molecular weight is 288 g/mol. The van der Waals surface area contributed by atoms with Crippen molar-refractivity contribution in [3.05, 3.63) is 41.6 Å². The topological polar surface area (TPSA) is 64.4 Å². The van der Waals surface area contributed by atoms with Crippen molar-refractivity contribution in [1.82, 2.24) is 4.98 Å². The smallest absolute Gasteiger partial charge is 0.293 e. The van der Waals surface area contributed by atoms with Crippen LogP contribution in [0.2, 0.25) is 0 Å². The molecule has 0 bridgehead atoms. The number of ether oxygens (including phenoxy) is 1. The summed E-state index contributed by atoms with van der Waals surface area (Å²) < 4.78 is 10.8. The molecule has 2 rings (SSSR count). The van der Waals surface area contributed by atoms with Crippen molar-refractivity contribution in [1.29, 1.82) is 0 Å². The molecule has 1 aromatic heterocycles. The van der Waals surface area contributed by atoms with Gasteiger partial charge in [-0.25, -0.2) is 4.98 Å². The molecule has 1 aromatic carbocycles. The van der Waals surface area contributed by atoms with E-state index in [0.717, 1.165) is 5.75 Å². The number of aryl methyl sites for hydroxylation is 1. The maximum absolute atomic E-state index is 12.3. The Morgan fingerprint density at radius 1 is 1.33 bits per heavy atom. The number of carbonyl (C=O) groups excluding carboxylic acids is 1. The summed E-state index contributed by atoms with van der Waals surface area (Å²) >= 11 is 0. The van der Waals surface area contributed by atoms with Crippen molar-refractivity contribution in [2.24, 2.45) is 0 Å². The minimum Gasteiger partial charge on any atom is -0.494 e. The van der Waals surface area contributed by atoms with Crippen LogP contribution in [-0.2, 0) is 0 Å². The second-order valence-electron chi connectivity index (χ2n) is 5.01. The van der Waals surface area contributed by atoms with Gasteiger partial charge in [-0.15, -0.1) is 0 Å². The number of hydrogen-bond donors (Lipinski definition) is 1. The Labute approximate surface area is 124 Å². The van der Waals surface area contributed by atoms with Gasteiger partial charge in [-0.1, -0.05) is 13.8 Å². The molecule has 0 saturated carbocycles. The number of carbonyl (C=O) groups is 1. The lowest BCUT2D eigenvalue weighted by molar-refractivity contribution is 0.0993. The molecule has 0 aliphatic carbocycles. The van der Waals surface area contributed by atoms with Crippen LogP contribution in [0.5, 0.6) is 5.75 Å². The van der Waals surface area contributed by atoms with E-state index in [1.165, 1.54) is 0 Å². The second-order valence-corrected chi connectivity index (χ2v) is 5.01. The molecule has 1 heterocycles. The van der Waals surface area contributed by atoms with Crippen LogP contribution in [0.15, 0.2) is 28.7 Å². The first kappa shape index (κ1) is 15.1. The highest BCUT2D eigenvalue weighted by molar-refractivity contribution is 6.03. The van der Waals surface area contributed by atoms with Crippen LogP contribution in [0.3, 0.4) is 0 Å². The summed E-state index contributed by atoms with van der Waals surface area (Å²) in [6, 6.07) is 7.21. The van der Waals surface area contributed by atoms with E-state index in [-0.39, 0.29) is 17.6 Å². The largest absolute Gasteiger partial charge is 0.494 e. The van der Waals surface area contributed by atoms with Crippen molar-refractivity contribution in [3.8, 4) is 5.75 Å². The van der Waals surface area contributed by atoms with Crippen LogP contribution in [0.25, 0.3) is 0 Å². The Bertz CT molecular complexity index is 615. The predicted octanol–water partition coefficient (Wildman–Crippen LogP) is 3.76. The van der Waals surface area contributed by atoms with E-state index in [1.807, 2.05) is 32.9 Å². The van der Waals surface area contributed by atoms with Crippen LogP contribution < -0.4 is 10.1 Å². The van der Waals surface area contributed by atoms with E-state index in [0.29, 0.717) is 23.9 Å². The Kier molecular flexibility index (Phi) is 4.62. The first-order chi connectivity index (χ1) is 10.0. The van der Waals surface area contributed by atoms with Gasteiger partial charge in [0.1, 0.15) is 5.75 Å². The summed E-state index contributed by atoms with van der Waals surface area (Å²) in [5.74, 6) is 1.38. The fraction of sp³-hybridized carbons (Fsp3) is 0.375. The molecule has 1 N–H and O–H groups in total. The summed E-state index contributed by atoms with van der Waals surface area (Å²) in [4.78, 5) is 16.6. The van der Waals surface area contributed by atoms with Crippen LogP contribution in [0.1, 0.15) is 48.8 Å². The lowest BCUT2D eigenvalue weighted by atomic mass is 10.1. The molecular formula is C16H20N2O3. The van der Waals surface area contributed by atoms with E-state index in [4.69, 9.17) is 9.15 Å². The van der Waals surface area contributed by atoms with Crippen LogP contribution in [0, 0.1) is 6.92 Å². The van der Waals surface area contributed by atoms with Gasteiger partial charge in [0.05, 0.1) is 12.3 Å². The minimum absolute atomic E-state index is 0.128. The highest BCUT2D eigenvalue weighted by Gasteiger charge is 2.21. The maximum atomic E-state index is 12.3. The lowest BCUT2D eigenvalue weighted by Crippen LogP contribution is -2.13. The normalized spacial score (nSPS) is 10.7. The predicted molar refractivity (Wildman–Crippen MR) is 80.9 cm³/mol. The average Bonchev–Trinajstić information content (AvgIpc) is 2.84. The number of aromatic nitrogens is 1. The second kappa shape index (κ2) is 6.43. The van der Waals surface area contributed by atoms with E-state index >= 15 is 0 Å². The molecular weight excluding hydrogens is 268 g/mol. The Morgan fingerprint density at radius 3 is 2.57 bits per heavy atom. The van der Waals surface area contributed by atoms with Crippen LogP contribution in [0.4, 0.5) is 5.69 Å². The maximum Gasteiger partial charge on any atom is 0.293 e. The summed E-state index contributed by atoms with van der Waals surface area (Å²) in [5.41, 5.74) is 1.36. The molecule has 0 aliphatic rings. The van der Waals surface area contributed by atoms with Gasteiger partial charge in [-0.2, -0.15) is 0 Å². The SMILES string of the molecule is CCOc1ccc(NC(=O)c2oc(C)nc2C(C)C)cc1. The number of nitrogens with one attached hydrogen (secondary N) is 1. The van der Waals surface area contributed by atoms with E-state index in [1.54, 1.807) is 19.1 Å². The number of anilines is 1. The lowest BCUT2D eigenvalue weighted by Gasteiger charge is -2.07. The molecule has 0 radical (unpaired) electrons. The molecule has 112 valence electrons. The van der Waals surface area contributed by atoms with Crippen molar-refractivity contribution in [2.45, 2.75) is 33.6 Å². The Hall–Kier alpha value is -2.30. The van der Waals surface area contributed by atoms with Crippen molar-refractivity contribution < 1.29 is 13.9 Å². The van der Waals surface area contributed by atoms with E-state index in [2.05, 4.69) is 10.3 Å². The Morgan fingerprint density at radius 2 is 2.00 bits per heavy atom. The quantitative estimate of drug-likeness (QED) is 0.909. The van der Waals surface area contributed by atoms with Crippen LogP contribution >= 0.6 is 0 Å². The molecule has 0 spiro atoms. The van der Waals surface area contributed by atoms with E-state index < -0.39 is 0 Å². The molecule has 5 nitrogen and oxygen atoms in total.